The van der Waals surface area contributed by atoms with Gasteiger partial charge in [-0.25, -0.2) is 8.42 Å². The first kappa shape index (κ1) is 24.9. The first-order chi connectivity index (χ1) is 15.7. The van der Waals surface area contributed by atoms with E-state index in [2.05, 4.69) is 22.8 Å². The smallest absolute Gasteiger partial charge is 0.247 e. The van der Waals surface area contributed by atoms with Crippen LogP contribution in [0.15, 0.2) is 59.5 Å². The number of benzene rings is 2. The summed E-state index contributed by atoms with van der Waals surface area (Å²) in [4.78, 5) is 24.1. The normalized spacial score (nSPS) is 16.4. The van der Waals surface area contributed by atoms with Gasteiger partial charge in [-0.05, 0) is 60.9 Å². The molecule has 0 unspecified atom stereocenters. The summed E-state index contributed by atoms with van der Waals surface area (Å²) in [5.41, 5.74) is 1.77. The van der Waals surface area contributed by atoms with Crippen LogP contribution in [0.3, 0.4) is 0 Å². The fourth-order valence-corrected chi connectivity index (χ4v) is 5.60. The summed E-state index contributed by atoms with van der Waals surface area (Å²) in [5.74, 6) is -0.221. The predicted octanol–water partition coefficient (Wildman–Crippen LogP) is 3.43. The summed E-state index contributed by atoms with van der Waals surface area (Å²) >= 11 is 0. The molecule has 2 aromatic carbocycles. The molecule has 1 aliphatic heterocycles. The van der Waals surface area contributed by atoms with Gasteiger partial charge in [-0.15, -0.1) is 0 Å². The quantitative estimate of drug-likeness (QED) is 0.617. The van der Waals surface area contributed by atoms with Crippen molar-refractivity contribution in [2.24, 2.45) is 11.8 Å². The van der Waals surface area contributed by atoms with Crippen LogP contribution < -0.4 is 10.6 Å². The van der Waals surface area contributed by atoms with E-state index in [4.69, 9.17) is 0 Å². The van der Waals surface area contributed by atoms with Gasteiger partial charge in [0.05, 0.1) is 4.90 Å². The third kappa shape index (κ3) is 6.65. The van der Waals surface area contributed by atoms with Gasteiger partial charge in [0, 0.05) is 25.7 Å². The molecule has 1 saturated heterocycles. The van der Waals surface area contributed by atoms with Gasteiger partial charge >= 0.3 is 0 Å². The molecule has 0 radical (unpaired) electrons. The molecular weight excluding hydrogens is 438 g/mol. The SMILES string of the molecule is CC(=O)N[C@H](C(=O)Nc1ccc(S(=O)(=O)N2CCC(Cc3ccccc3)CC2)cc1)C(C)C. The Morgan fingerprint density at radius 2 is 1.61 bits per heavy atom. The van der Waals surface area contributed by atoms with Crippen LogP contribution in [-0.4, -0.2) is 43.7 Å². The number of hydrogen-bond donors (Lipinski definition) is 2. The largest absolute Gasteiger partial charge is 0.344 e. The van der Waals surface area contributed by atoms with Crippen molar-refractivity contribution in [1.29, 1.82) is 0 Å². The fraction of sp³-hybridized carbons (Fsp3) is 0.440. The van der Waals surface area contributed by atoms with Gasteiger partial charge in [0.1, 0.15) is 6.04 Å². The molecule has 1 fully saturated rings. The van der Waals surface area contributed by atoms with Crippen molar-refractivity contribution in [2.45, 2.75) is 51.0 Å². The maximum Gasteiger partial charge on any atom is 0.247 e. The lowest BCUT2D eigenvalue weighted by atomic mass is 9.91. The molecule has 0 aliphatic carbocycles. The van der Waals surface area contributed by atoms with Crippen LogP contribution in [0, 0.1) is 11.8 Å². The average molecular weight is 472 g/mol. The van der Waals surface area contributed by atoms with E-state index in [9.17, 15) is 18.0 Å². The Morgan fingerprint density at radius 1 is 1.00 bits per heavy atom. The second kappa shape index (κ2) is 10.9. The number of nitrogens with one attached hydrogen (secondary N) is 2. The lowest BCUT2D eigenvalue weighted by Gasteiger charge is -2.31. The van der Waals surface area contributed by atoms with E-state index < -0.39 is 16.1 Å². The van der Waals surface area contributed by atoms with E-state index in [1.54, 1.807) is 16.4 Å². The third-order valence-corrected chi connectivity index (χ3v) is 7.92. The highest BCUT2D eigenvalue weighted by molar-refractivity contribution is 7.89. The number of sulfonamides is 1. The maximum atomic E-state index is 13.1. The van der Waals surface area contributed by atoms with Gasteiger partial charge in [-0.2, -0.15) is 4.31 Å². The zero-order valence-corrected chi connectivity index (χ0v) is 20.3. The van der Waals surface area contributed by atoms with Crippen LogP contribution in [-0.2, 0) is 26.0 Å². The Hall–Kier alpha value is -2.71. The Balaban J connectivity index is 1.59. The number of carbonyl (C=O) groups excluding carboxylic acids is 2. The van der Waals surface area contributed by atoms with Gasteiger partial charge in [0.25, 0.3) is 0 Å². The average Bonchev–Trinajstić information content (AvgIpc) is 2.78. The maximum absolute atomic E-state index is 13.1. The van der Waals surface area contributed by atoms with Crippen molar-refractivity contribution >= 4 is 27.5 Å². The van der Waals surface area contributed by atoms with Crippen LogP contribution in [0.25, 0.3) is 0 Å². The predicted molar refractivity (Wildman–Crippen MR) is 129 cm³/mol. The topological polar surface area (TPSA) is 95.6 Å². The number of anilines is 1. The number of carbonyl (C=O) groups is 2. The molecule has 2 N–H and O–H groups in total. The Labute approximate surface area is 196 Å². The van der Waals surface area contributed by atoms with Gasteiger partial charge in [-0.1, -0.05) is 44.2 Å². The summed E-state index contributed by atoms with van der Waals surface area (Å²) in [6.07, 6.45) is 2.64. The molecule has 178 valence electrons. The lowest BCUT2D eigenvalue weighted by Crippen LogP contribution is -2.46. The van der Waals surface area contributed by atoms with Gasteiger partial charge in [-0.3, -0.25) is 9.59 Å². The molecule has 7 nitrogen and oxygen atoms in total. The van der Waals surface area contributed by atoms with Crippen LogP contribution in [0.1, 0.15) is 39.2 Å². The molecule has 1 atom stereocenters. The molecule has 2 aromatic rings. The van der Waals surface area contributed by atoms with Crippen molar-refractivity contribution in [3.63, 3.8) is 0 Å². The van der Waals surface area contributed by atoms with Crippen LogP contribution in [0.4, 0.5) is 5.69 Å². The number of hydrogen-bond acceptors (Lipinski definition) is 4. The summed E-state index contributed by atoms with van der Waals surface area (Å²) in [6.45, 7) is 6.07. The summed E-state index contributed by atoms with van der Waals surface area (Å²) in [5, 5.41) is 5.40. The molecular formula is C25H33N3O4S. The molecule has 0 bridgehead atoms. The van der Waals surface area contributed by atoms with Gasteiger partial charge in [0.2, 0.25) is 21.8 Å². The van der Waals surface area contributed by atoms with E-state index >= 15 is 0 Å². The summed E-state index contributed by atoms with van der Waals surface area (Å²) in [7, 11) is -3.59. The van der Waals surface area contributed by atoms with Crippen molar-refractivity contribution in [1.82, 2.24) is 9.62 Å². The standard InChI is InChI=1S/C25H33N3O4S/c1-18(2)24(26-19(3)29)25(30)27-22-9-11-23(12-10-22)33(31,32)28-15-13-21(14-16-28)17-20-7-5-4-6-8-20/h4-12,18,21,24H,13-17H2,1-3H3,(H,26,29)(H,27,30)/t24-/m0/s1. The molecule has 2 amide bonds. The van der Waals surface area contributed by atoms with Crippen molar-refractivity contribution in [3.05, 3.63) is 60.2 Å². The van der Waals surface area contributed by atoms with Crippen molar-refractivity contribution in [3.8, 4) is 0 Å². The molecule has 33 heavy (non-hydrogen) atoms. The van der Waals surface area contributed by atoms with Crippen LogP contribution in [0.2, 0.25) is 0 Å². The van der Waals surface area contributed by atoms with Crippen LogP contribution in [0.5, 0.6) is 0 Å². The van der Waals surface area contributed by atoms with E-state index in [-0.39, 0.29) is 22.6 Å². The molecule has 0 aromatic heterocycles. The van der Waals surface area contributed by atoms with Crippen molar-refractivity contribution in [2.75, 3.05) is 18.4 Å². The minimum absolute atomic E-state index is 0.0848. The Morgan fingerprint density at radius 3 is 2.15 bits per heavy atom. The van der Waals surface area contributed by atoms with Crippen LogP contribution >= 0.6 is 0 Å². The first-order valence-electron chi connectivity index (χ1n) is 11.4. The molecule has 0 saturated carbocycles. The number of piperidine rings is 1. The number of amides is 2. The highest BCUT2D eigenvalue weighted by Crippen LogP contribution is 2.27. The minimum Gasteiger partial charge on any atom is -0.344 e. The molecule has 3 rings (SSSR count). The van der Waals surface area contributed by atoms with E-state index in [0.29, 0.717) is 24.7 Å². The second-order valence-corrected chi connectivity index (χ2v) is 10.9. The lowest BCUT2D eigenvalue weighted by molar-refractivity contribution is -0.126. The van der Waals surface area contributed by atoms with E-state index in [0.717, 1.165) is 19.3 Å². The van der Waals surface area contributed by atoms with E-state index in [1.807, 2.05) is 32.0 Å². The Kier molecular flexibility index (Phi) is 8.26. The highest BCUT2D eigenvalue weighted by Gasteiger charge is 2.29. The first-order valence-corrected chi connectivity index (χ1v) is 12.8. The number of rotatable bonds is 8. The molecule has 8 heteroatoms. The zero-order valence-electron chi connectivity index (χ0n) is 19.5. The molecule has 0 spiro atoms. The van der Waals surface area contributed by atoms with Gasteiger partial charge in [0.15, 0.2) is 0 Å². The summed E-state index contributed by atoms with van der Waals surface area (Å²) < 4.78 is 27.7. The second-order valence-electron chi connectivity index (χ2n) is 8.97. The Bertz CT molecular complexity index is 1040. The zero-order chi connectivity index (χ0) is 24.0. The summed E-state index contributed by atoms with van der Waals surface area (Å²) in [6, 6.07) is 15.8. The minimum atomic E-state index is -3.59. The van der Waals surface area contributed by atoms with Gasteiger partial charge < -0.3 is 10.6 Å². The van der Waals surface area contributed by atoms with Crippen molar-refractivity contribution < 1.29 is 18.0 Å². The molecule has 1 heterocycles. The van der Waals surface area contributed by atoms with E-state index in [1.165, 1.54) is 24.6 Å². The fourth-order valence-electron chi connectivity index (χ4n) is 4.13. The third-order valence-electron chi connectivity index (χ3n) is 6.01. The highest BCUT2D eigenvalue weighted by atomic mass is 32.2. The number of nitrogens with zero attached hydrogens (tertiary/aromatic N) is 1. The monoisotopic (exact) mass is 471 g/mol. The molecule has 1 aliphatic rings.